The van der Waals surface area contributed by atoms with E-state index >= 15 is 0 Å². The van der Waals surface area contributed by atoms with E-state index in [1.54, 1.807) is 29.0 Å². The van der Waals surface area contributed by atoms with E-state index in [1.807, 2.05) is 19.3 Å². The lowest BCUT2D eigenvalue weighted by atomic mass is 10.3. The lowest BCUT2D eigenvalue weighted by Gasteiger charge is -1.93. The third-order valence-corrected chi connectivity index (χ3v) is 4.25. The number of hydrogen-bond donors (Lipinski definition) is 0. The van der Waals surface area contributed by atoms with Crippen LogP contribution in [0.15, 0.2) is 36.2 Å². The van der Waals surface area contributed by atoms with E-state index in [4.69, 9.17) is 0 Å². The average Bonchev–Trinajstić information content (AvgIpc) is 2.98. The Morgan fingerprint density at radius 3 is 2.53 bits per heavy atom. The fourth-order valence-corrected chi connectivity index (χ4v) is 3.16. The summed E-state index contributed by atoms with van der Waals surface area (Å²) in [5.41, 5.74) is 2.11. The van der Waals surface area contributed by atoms with Crippen molar-refractivity contribution in [3.63, 3.8) is 0 Å². The van der Waals surface area contributed by atoms with Crippen molar-refractivity contribution in [1.29, 1.82) is 0 Å². The highest BCUT2D eigenvalue weighted by atomic mass is 32.1. The summed E-state index contributed by atoms with van der Waals surface area (Å²) in [6, 6.07) is 4.19. The number of hydrogen-bond acceptors (Lipinski definition) is 5. The second-order valence-corrected chi connectivity index (χ2v) is 5.69. The minimum Gasteiger partial charge on any atom is -0.244 e. The van der Waals surface area contributed by atoms with Gasteiger partial charge in [-0.05, 0) is 19.1 Å². The second kappa shape index (κ2) is 4.35. The molecule has 0 spiro atoms. The monoisotopic (exact) mass is 259 g/mol. The maximum Gasteiger partial charge on any atom is 0.115 e. The maximum atomic E-state index is 4.49. The molecule has 0 saturated heterocycles. The van der Waals surface area contributed by atoms with Crippen LogP contribution in [-0.4, -0.2) is 15.0 Å². The summed E-state index contributed by atoms with van der Waals surface area (Å²) in [4.78, 5) is 14.9. The Bertz CT molecular complexity index is 628. The first-order chi connectivity index (χ1) is 8.33. The summed E-state index contributed by atoms with van der Waals surface area (Å²) < 4.78 is 0. The molecule has 0 saturated carbocycles. The molecule has 0 aliphatic heterocycles. The Morgan fingerprint density at radius 1 is 1.06 bits per heavy atom. The number of thiazole rings is 1. The second-order valence-electron chi connectivity index (χ2n) is 3.54. The molecular weight excluding hydrogens is 250 g/mol. The molecule has 0 aliphatic rings. The van der Waals surface area contributed by atoms with Crippen molar-refractivity contribution in [3.8, 4) is 21.0 Å². The third-order valence-electron chi connectivity index (χ3n) is 2.32. The van der Waals surface area contributed by atoms with Crippen molar-refractivity contribution in [3.05, 3.63) is 41.2 Å². The predicted octanol–water partition coefficient (Wildman–Crippen LogP) is 3.64. The molecule has 0 bridgehead atoms. The molecule has 3 heterocycles. The van der Waals surface area contributed by atoms with Gasteiger partial charge in [-0.3, -0.25) is 0 Å². The number of aromatic nitrogens is 3. The third kappa shape index (κ3) is 2.11. The van der Waals surface area contributed by atoms with Gasteiger partial charge in [0.2, 0.25) is 0 Å². The number of thiophene rings is 1. The molecule has 0 N–H and O–H groups in total. The van der Waals surface area contributed by atoms with Gasteiger partial charge in [0, 0.05) is 28.2 Å². The molecule has 3 aromatic heterocycles. The van der Waals surface area contributed by atoms with Gasteiger partial charge in [-0.15, -0.1) is 22.7 Å². The van der Waals surface area contributed by atoms with Gasteiger partial charge < -0.3 is 0 Å². The van der Waals surface area contributed by atoms with Crippen molar-refractivity contribution >= 4 is 22.7 Å². The number of nitrogens with zero attached hydrogens (tertiary/aromatic N) is 3. The van der Waals surface area contributed by atoms with Crippen LogP contribution in [0.1, 0.15) is 5.01 Å². The summed E-state index contributed by atoms with van der Waals surface area (Å²) in [6.07, 6.45) is 5.20. The largest absolute Gasteiger partial charge is 0.244 e. The zero-order valence-corrected chi connectivity index (χ0v) is 10.8. The zero-order chi connectivity index (χ0) is 11.7. The van der Waals surface area contributed by atoms with Crippen molar-refractivity contribution < 1.29 is 0 Å². The Labute approximate surface area is 107 Å². The molecule has 3 rings (SSSR count). The zero-order valence-electron chi connectivity index (χ0n) is 9.12. The predicted molar refractivity (Wildman–Crippen MR) is 71.2 cm³/mol. The van der Waals surface area contributed by atoms with Crippen molar-refractivity contribution in [2.24, 2.45) is 0 Å². The van der Waals surface area contributed by atoms with Gasteiger partial charge >= 0.3 is 0 Å². The highest BCUT2D eigenvalue weighted by Gasteiger charge is 2.07. The number of rotatable bonds is 2. The summed E-state index contributed by atoms with van der Waals surface area (Å²) in [6.45, 7) is 2.02. The molecule has 0 unspecified atom stereocenters. The first kappa shape index (κ1) is 10.6. The Kier molecular flexibility index (Phi) is 2.70. The molecule has 0 aliphatic carbocycles. The molecule has 84 valence electrons. The fraction of sp³-hybridized carbons (Fsp3) is 0.0833. The summed E-state index contributed by atoms with van der Waals surface area (Å²) in [5, 5.41) is 3.19. The first-order valence-corrected chi connectivity index (χ1v) is 6.80. The Hall–Kier alpha value is -1.59. The highest BCUT2D eigenvalue weighted by molar-refractivity contribution is 7.19. The molecule has 0 amide bonds. The summed E-state index contributed by atoms with van der Waals surface area (Å²) in [5.74, 6) is 0. The van der Waals surface area contributed by atoms with E-state index in [0.29, 0.717) is 0 Å². The minimum atomic E-state index is 1.05. The molecule has 0 fully saturated rings. The highest BCUT2D eigenvalue weighted by Crippen LogP contribution is 2.34. The Morgan fingerprint density at radius 2 is 1.82 bits per heavy atom. The van der Waals surface area contributed by atoms with Gasteiger partial charge in [0.25, 0.3) is 0 Å². The lowest BCUT2D eigenvalue weighted by Crippen LogP contribution is -1.77. The van der Waals surface area contributed by atoms with Crippen LogP contribution in [0.2, 0.25) is 0 Å². The quantitative estimate of drug-likeness (QED) is 0.705. The standard InChI is InChI=1S/C12H9N3S2/c1-8-15-10(6-16-8)12-3-2-11(17-12)9-4-13-7-14-5-9/h2-7H,1H3. The van der Waals surface area contributed by atoms with E-state index in [0.717, 1.165) is 16.3 Å². The van der Waals surface area contributed by atoms with E-state index in [1.165, 1.54) is 9.75 Å². The van der Waals surface area contributed by atoms with Gasteiger partial charge in [0.15, 0.2) is 0 Å². The van der Waals surface area contributed by atoms with E-state index in [9.17, 15) is 0 Å². The van der Waals surface area contributed by atoms with Gasteiger partial charge in [0.1, 0.15) is 6.33 Å². The normalized spacial score (nSPS) is 10.6. The summed E-state index contributed by atoms with van der Waals surface area (Å²) >= 11 is 3.39. The van der Waals surface area contributed by atoms with Crippen LogP contribution in [0.4, 0.5) is 0 Å². The molecule has 3 nitrogen and oxygen atoms in total. The van der Waals surface area contributed by atoms with E-state index in [-0.39, 0.29) is 0 Å². The topological polar surface area (TPSA) is 38.7 Å². The van der Waals surface area contributed by atoms with Crippen LogP contribution < -0.4 is 0 Å². The molecule has 5 heteroatoms. The number of aryl methyl sites for hydroxylation is 1. The van der Waals surface area contributed by atoms with Crippen molar-refractivity contribution in [2.45, 2.75) is 6.92 Å². The van der Waals surface area contributed by atoms with Crippen LogP contribution in [0.5, 0.6) is 0 Å². The van der Waals surface area contributed by atoms with Crippen molar-refractivity contribution in [1.82, 2.24) is 15.0 Å². The van der Waals surface area contributed by atoms with Crippen LogP contribution in [0.25, 0.3) is 21.0 Å². The fourth-order valence-electron chi connectivity index (χ4n) is 1.53. The maximum absolute atomic E-state index is 4.49. The molecule has 17 heavy (non-hydrogen) atoms. The molecular formula is C12H9N3S2. The van der Waals surface area contributed by atoms with Crippen LogP contribution in [0, 0.1) is 6.92 Å². The minimum absolute atomic E-state index is 1.05. The SMILES string of the molecule is Cc1nc(-c2ccc(-c3cncnc3)s2)cs1. The van der Waals surface area contributed by atoms with E-state index < -0.39 is 0 Å². The summed E-state index contributed by atoms with van der Waals surface area (Å²) in [7, 11) is 0. The van der Waals surface area contributed by atoms with Gasteiger partial charge in [-0.25, -0.2) is 15.0 Å². The van der Waals surface area contributed by atoms with Gasteiger partial charge in [-0.1, -0.05) is 0 Å². The van der Waals surface area contributed by atoms with E-state index in [2.05, 4.69) is 32.5 Å². The first-order valence-electron chi connectivity index (χ1n) is 5.10. The van der Waals surface area contributed by atoms with Gasteiger partial charge in [-0.2, -0.15) is 0 Å². The van der Waals surface area contributed by atoms with Crippen LogP contribution >= 0.6 is 22.7 Å². The van der Waals surface area contributed by atoms with Crippen LogP contribution in [-0.2, 0) is 0 Å². The van der Waals surface area contributed by atoms with Crippen LogP contribution in [0.3, 0.4) is 0 Å². The smallest absolute Gasteiger partial charge is 0.115 e. The molecule has 3 aromatic rings. The van der Waals surface area contributed by atoms with Gasteiger partial charge in [0.05, 0.1) is 15.6 Å². The molecule has 0 radical (unpaired) electrons. The molecule has 0 aromatic carbocycles. The van der Waals surface area contributed by atoms with Crippen molar-refractivity contribution in [2.75, 3.05) is 0 Å². The average molecular weight is 259 g/mol. The Balaban J connectivity index is 1.99. The molecule has 0 atom stereocenters. The lowest BCUT2D eigenvalue weighted by molar-refractivity contribution is 1.17.